The van der Waals surface area contributed by atoms with Crippen molar-refractivity contribution in [2.24, 2.45) is 7.05 Å². The van der Waals surface area contributed by atoms with Crippen molar-refractivity contribution in [3.05, 3.63) is 36.3 Å². The number of carboxylic acids is 1. The maximum absolute atomic E-state index is 10.6. The van der Waals surface area contributed by atoms with E-state index in [1.807, 2.05) is 13.2 Å². The van der Waals surface area contributed by atoms with Crippen LogP contribution in [0.15, 0.2) is 30.7 Å². The summed E-state index contributed by atoms with van der Waals surface area (Å²) in [5.41, 5.74) is 1.77. The summed E-state index contributed by atoms with van der Waals surface area (Å²) in [6, 6.07) is 3.19. The number of aromatic carboxylic acids is 1. The van der Waals surface area contributed by atoms with E-state index in [1.54, 1.807) is 16.9 Å². The lowest BCUT2D eigenvalue weighted by Crippen LogP contribution is -1.96. The van der Waals surface area contributed by atoms with E-state index in [4.69, 9.17) is 5.11 Å². The quantitative estimate of drug-likeness (QED) is 0.795. The van der Waals surface area contributed by atoms with Crippen LogP contribution in [-0.4, -0.2) is 25.8 Å². The fourth-order valence-electron chi connectivity index (χ4n) is 1.24. The van der Waals surface area contributed by atoms with E-state index in [0.29, 0.717) is 5.69 Å². The highest BCUT2D eigenvalue weighted by atomic mass is 16.4. The zero-order valence-electron chi connectivity index (χ0n) is 8.08. The average molecular weight is 203 g/mol. The molecular weight excluding hydrogens is 194 g/mol. The molecule has 0 bridgehead atoms. The second-order valence-corrected chi connectivity index (χ2v) is 3.14. The first kappa shape index (κ1) is 9.39. The van der Waals surface area contributed by atoms with Gasteiger partial charge in [0.05, 0.1) is 17.5 Å². The second-order valence-electron chi connectivity index (χ2n) is 3.14. The predicted molar refractivity (Wildman–Crippen MR) is 53.4 cm³/mol. The van der Waals surface area contributed by atoms with Gasteiger partial charge in [-0.25, -0.2) is 4.79 Å². The Balaban J connectivity index is 2.35. The van der Waals surface area contributed by atoms with Crippen molar-refractivity contribution >= 4 is 5.97 Å². The molecule has 0 radical (unpaired) electrons. The highest BCUT2D eigenvalue weighted by Crippen LogP contribution is 2.15. The van der Waals surface area contributed by atoms with Crippen molar-refractivity contribution < 1.29 is 9.90 Å². The number of hydrogen-bond acceptors (Lipinski definition) is 3. The molecule has 5 heteroatoms. The molecule has 76 valence electrons. The van der Waals surface area contributed by atoms with Crippen molar-refractivity contribution in [1.82, 2.24) is 14.8 Å². The van der Waals surface area contributed by atoms with Crippen molar-refractivity contribution in [3.63, 3.8) is 0 Å². The standard InChI is InChI=1S/C10H9N3O2/c1-13-6-8(5-12-13)9-3-2-7(4-11-9)10(14)15/h2-6H,1H3,(H,14,15). The van der Waals surface area contributed by atoms with Crippen molar-refractivity contribution in [3.8, 4) is 11.3 Å². The van der Waals surface area contributed by atoms with Crippen LogP contribution in [0, 0.1) is 0 Å². The molecule has 0 atom stereocenters. The Bertz CT molecular complexity index is 488. The van der Waals surface area contributed by atoms with Crippen LogP contribution in [0.1, 0.15) is 10.4 Å². The zero-order chi connectivity index (χ0) is 10.8. The molecule has 2 rings (SSSR count). The molecule has 0 spiro atoms. The Morgan fingerprint density at radius 3 is 2.67 bits per heavy atom. The first-order valence-electron chi connectivity index (χ1n) is 4.35. The molecule has 0 amide bonds. The fraction of sp³-hybridized carbons (Fsp3) is 0.100. The van der Waals surface area contributed by atoms with E-state index in [0.717, 1.165) is 5.56 Å². The van der Waals surface area contributed by atoms with E-state index in [-0.39, 0.29) is 5.56 Å². The summed E-state index contributed by atoms with van der Waals surface area (Å²) in [7, 11) is 1.81. The van der Waals surface area contributed by atoms with Gasteiger partial charge in [-0.3, -0.25) is 9.67 Å². The third-order valence-electron chi connectivity index (χ3n) is 2.01. The number of carboxylic acid groups (broad SMARTS) is 1. The Hall–Kier alpha value is -2.17. The average Bonchev–Trinajstić information content (AvgIpc) is 2.65. The van der Waals surface area contributed by atoms with E-state index < -0.39 is 5.97 Å². The number of aryl methyl sites for hydroxylation is 1. The van der Waals surface area contributed by atoms with E-state index in [2.05, 4.69) is 10.1 Å². The van der Waals surface area contributed by atoms with Gasteiger partial charge in [0.25, 0.3) is 0 Å². The van der Waals surface area contributed by atoms with Gasteiger partial charge in [0.15, 0.2) is 0 Å². The third-order valence-corrected chi connectivity index (χ3v) is 2.01. The molecule has 5 nitrogen and oxygen atoms in total. The molecular formula is C10H9N3O2. The summed E-state index contributed by atoms with van der Waals surface area (Å²) >= 11 is 0. The van der Waals surface area contributed by atoms with Crippen LogP contribution in [0.2, 0.25) is 0 Å². The SMILES string of the molecule is Cn1cc(-c2ccc(C(=O)O)cn2)cn1. The highest BCUT2D eigenvalue weighted by molar-refractivity contribution is 5.87. The van der Waals surface area contributed by atoms with Gasteiger partial charge in [0.2, 0.25) is 0 Å². The maximum atomic E-state index is 10.6. The summed E-state index contributed by atoms with van der Waals surface area (Å²) in [5.74, 6) is -0.972. The van der Waals surface area contributed by atoms with Crippen LogP contribution in [0.25, 0.3) is 11.3 Å². The molecule has 0 aliphatic heterocycles. The predicted octanol–water partition coefficient (Wildman–Crippen LogP) is 1.18. The van der Waals surface area contributed by atoms with Crippen molar-refractivity contribution in [2.45, 2.75) is 0 Å². The summed E-state index contributed by atoms with van der Waals surface area (Å²) in [5, 5.41) is 12.7. The number of nitrogens with zero attached hydrogens (tertiary/aromatic N) is 3. The van der Waals surface area contributed by atoms with E-state index in [9.17, 15) is 4.79 Å². The fourth-order valence-corrected chi connectivity index (χ4v) is 1.24. The van der Waals surface area contributed by atoms with Crippen LogP contribution in [0.5, 0.6) is 0 Å². The highest BCUT2D eigenvalue weighted by Gasteiger charge is 2.05. The summed E-state index contributed by atoms with van der Waals surface area (Å²) in [6.45, 7) is 0. The van der Waals surface area contributed by atoms with Crippen LogP contribution >= 0.6 is 0 Å². The number of pyridine rings is 1. The summed E-state index contributed by atoms with van der Waals surface area (Å²) in [6.07, 6.45) is 4.84. The van der Waals surface area contributed by atoms with Crippen LogP contribution in [0.3, 0.4) is 0 Å². The largest absolute Gasteiger partial charge is 0.478 e. The molecule has 2 aromatic heterocycles. The molecule has 0 aromatic carbocycles. The monoisotopic (exact) mass is 203 g/mol. The van der Waals surface area contributed by atoms with Gasteiger partial charge >= 0.3 is 5.97 Å². The van der Waals surface area contributed by atoms with Gasteiger partial charge in [-0.1, -0.05) is 0 Å². The first-order valence-corrected chi connectivity index (χ1v) is 4.35. The van der Waals surface area contributed by atoms with Crippen molar-refractivity contribution in [2.75, 3.05) is 0 Å². The minimum Gasteiger partial charge on any atom is -0.478 e. The van der Waals surface area contributed by atoms with Gasteiger partial charge < -0.3 is 5.11 Å². The number of aromatic nitrogens is 3. The molecule has 0 fully saturated rings. The minimum absolute atomic E-state index is 0.183. The molecule has 0 aliphatic rings. The Morgan fingerprint density at radius 2 is 2.20 bits per heavy atom. The van der Waals surface area contributed by atoms with Gasteiger partial charge in [-0.05, 0) is 12.1 Å². The van der Waals surface area contributed by atoms with Crippen LogP contribution in [0.4, 0.5) is 0 Å². The van der Waals surface area contributed by atoms with E-state index in [1.165, 1.54) is 12.3 Å². The smallest absolute Gasteiger partial charge is 0.337 e. The third kappa shape index (κ3) is 1.85. The molecule has 15 heavy (non-hydrogen) atoms. The van der Waals surface area contributed by atoms with E-state index >= 15 is 0 Å². The molecule has 0 unspecified atom stereocenters. The van der Waals surface area contributed by atoms with Gasteiger partial charge in [-0.2, -0.15) is 5.10 Å². The molecule has 2 aromatic rings. The van der Waals surface area contributed by atoms with Crippen LogP contribution in [-0.2, 0) is 7.05 Å². The minimum atomic E-state index is -0.972. The molecule has 2 heterocycles. The topological polar surface area (TPSA) is 68.0 Å². The number of hydrogen-bond donors (Lipinski definition) is 1. The van der Waals surface area contributed by atoms with Gasteiger partial charge in [0, 0.05) is 25.0 Å². The Morgan fingerprint density at radius 1 is 1.40 bits per heavy atom. The Kier molecular flexibility index (Phi) is 2.21. The summed E-state index contributed by atoms with van der Waals surface area (Å²) < 4.78 is 1.67. The zero-order valence-corrected chi connectivity index (χ0v) is 8.08. The first-order chi connectivity index (χ1) is 7.16. The number of carbonyl (C=O) groups is 1. The van der Waals surface area contributed by atoms with Gasteiger partial charge in [-0.15, -0.1) is 0 Å². The molecule has 0 saturated carbocycles. The lowest BCUT2D eigenvalue weighted by molar-refractivity contribution is 0.0696. The van der Waals surface area contributed by atoms with Gasteiger partial charge in [0.1, 0.15) is 0 Å². The van der Waals surface area contributed by atoms with Crippen LogP contribution < -0.4 is 0 Å². The van der Waals surface area contributed by atoms with Crippen molar-refractivity contribution in [1.29, 1.82) is 0 Å². The molecule has 1 N–H and O–H groups in total. The normalized spacial score (nSPS) is 10.2. The molecule has 0 saturated heterocycles. The lowest BCUT2D eigenvalue weighted by atomic mass is 10.2. The molecule has 0 aliphatic carbocycles. The summed E-state index contributed by atoms with van der Waals surface area (Å²) in [4.78, 5) is 14.6. The maximum Gasteiger partial charge on any atom is 0.337 e. The number of rotatable bonds is 2. The lowest BCUT2D eigenvalue weighted by Gasteiger charge is -1.96. The Labute approximate surface area is 86.0 Å². The second kappa shape index (κ2) is 3.53.